The predicted octanol–water partition coefficient (Wildman–Crippen LogP) is 2.62. The van der Waals surface area contributed by atoms with Crippen LogP contribution < -0.4 is 10.1 Å². The van der Waals surface area contributed by atoms with Gasteiger partial charge in [-0.05, 0) is 26.8 Å². The zero-order chi connectivity index (χ0) is 15.2. The van der Waals surface area contributed by atoms with E-state index in [0.717, 1.165) is 0 Å². The molecule has 1 aromatic heterocycles. The Morgan fingerprint density at radius 2 is 2.20 bits per heavy atom. The van der Waals surface area contributed by atoms with Crippen LogP contribution in [0.5, 0.6) is 5.88 Å². The Morgan fingerprint density at radius 3 is 2.75 bits per heavy atom. The molecule has 0 aromatic carbocycles. The number of amides is 1. The summed E-state index contributed by atoms with van der Waals surface area (Å²) in [5, 5.41) is 2.92. The molecule has 0 aliphatic carbocycles. The van der Waals surface area contributed by atoms with E-state index in [0.29, 0.717) is 16.5 Å². The molecule has 108 valence electrons. The van der Waals surface area contributed by atoms with E-state index in [2.05, 4.69) is 22.1 Å². The lowest BCUT2D eigenvalue weighted by Crippen LogP contribution is -2.32. The Kier molecular flexibility index (Phi) is 5.66. The van der Waals surface area contributed by atoms with Gasteiger partial charge in [-0.1, -0.05) is 23.4 Å². The first-order valence-corrected chi connectivity index (χ1v) is 6.35. The van der Waals surface area contributed by atoms with Crippen LogP contribution in [0.4, 0.5) is 4.79 Å². The second-order valence-corrected chi connectivity index (χ2v) is 5.28. The van der Waals surface area contributed by atoms with Crippen LogP contribution in [0, 0.1) is 11.8 Å². The summed E-state index contributed by atoms with van der Waals surface area (Å²) in [6, 6.07) is 1.65. The van der Waals surface area contributed by atoms with Gasteiger partial charge < -0.3 is 14.8 Å². The summed E-state index contributed by atoms with van der Waals surface area (Å²) in [6.07, 6.45) is 1.04. The maximum atomic E-state index is 11.4. The van der Waals surface area contributed by atoms with Crippen molar-refractivity contribution in [2.75, 3.05) is 13.7 Å². The van der Waals surface area contributed by atoms with Crippen LogP contribution in [0.25, 0.3) is 0 Å². The topological polar surface area (TPSA) is 60.5 Å². The third kappa shape index (κ3) is 5.81. The molecule has 1 N–H and O–H groups in total. The second kappa shape index (κ2) is 7.01. The number of aromatic nitrogens is 1. The number of rotatable bonds is 2. The molecule has 0 aliphatic rings. The van der Waals surface area contributed by atoms with E-state index in [9.17, 15) is 4.79 Å². The SMILES string of the molecule is COc1ncc(C#CCNC(=O)OC(C)(C)C)cc1Cl. The number of pyridine rings is 1. The fourth-order valence-corrected chi connectivity index (χ4v) is 1.46. The summed E-state index contributed by atoms with van der Waals surface area (Å²) in [4.78, 5) is 15.3. The lowest BCUT2D eigenvalue weighted by Gasteiger charge is -2.18. The summed E-state index contributed by atoms with van der Waals surface area (Å²) >= 11 is 5.92. The minimum absolute atomic E-state index is 0.179. The molecule has 0 atom stereocenters. The van der Waals surface area contributed by atoms with E-state index in [4.69, 9.17) is 21.1 Å². The van der Waals surface area contributed by atoms with E-state index in [-0.39, 0.29) is 6.54 Å². The zero-order valence-electron chi connectivity index (χ0n) is 11.9. The highest BCUT2D eigenvalue weighted by Crippen LogP contribution is 2.21. The predicted molar refractivity (Wildman–Crippen MR) is 76.9 cm³/mol. The van der Waals surface area contributed by atoms with Crippen molar-refractivity contribution in [1.29, 1.82) is 0 Å². The summed E-state index contributed by atoms with van der Waals surface area (Å²) in [5.74, 6) is 5.96. The molecule has 0 radical (unpaired) electrons. The van der Waals surface area contributed by atoms with E-state index in [1.807, 2.05) is 0 Å². The van der Waals surface area contributed by atoms with Crippen LogP contribution >= 0.6 is 11.6 Å². The normalized spacial score (nSPS) is 10.2. The number of nitrogens with one attached hydrogen (secondary N) is 1. The molecule has 0 fully saturated rings. The van der Waals surface area contributed by atoms with Crippen molar-refractivity contribution < 1.29 is 14.3 Å². The Labute approximate surface area is 123 Å². The largest absolute Gasteiger partial charge is 0.480 e. The third-order valence-corrected chi connectivity index (χ3v) is 2.22. The number of hydrogen-bond acceptors (Lipinski definition) is 4. The summed E-state index contributed by atoms with van der Waals surface area (Å²) in [5.41, 5.74) is 0.118. The van der Waals surface area contributed by atoms with Gasteiger partial charge in [0.05, 0.1) is 13.7 Å². The van der Waals surface area contributed by atoms with Gasteiger partial charge in [0, 0.05) is 11.8 Å². The second-order valence-electron chi connectivity index (χ2n) is 4.87. The van der Waals surface area contributed by atoms with Gasteiger partial charge in [-0.2, -0.15) is 0 Å². The van der Waals surface area contributed by atoms with Crippen LogP contribution in [0.2, 0.25) is 5.02 Å². The fraction of sp³-hybridized carbons (Fsp3) is 0.429. The highest BCUT2D eigenvalue weighted by molar-refractivity contribution is 6.31. The highest BCUT2D eigenvalue weighted by Gasteiger charge is 2.14. The standard InChI is InChI=1S/C14H17ClN2O3/c1-14(2,3)20-13(18)16-7-5-6-10-8-11(15)12(19-4)17-9-10/h8-9H,7H2,1-4H3,(H,16,18). The number of carbonyl (C=O) groups is 1. The monoisotopic (exact) mass is 296 g/mol. The lowest BCUT2D eigenvalue weighted by molar-refractivity contribution is 0.0535. The molecule has 1 amide bonds. The molecule has 0 saturated carbocycles. The number of halogens is 1. The van der Waals surface area contributed by atoms with E-state index < -0.39 is 11.7 Å². The lowest BCUT2D eigenvalue weighted by atomic mass is 10.2. The van der Waals surface area contributed by atoms with Crippen molar-refractivity contribution in [3.63, 3.8) is 0 Å². The van der Waals surface area contributed by atoms with Crippen LogP contribution in [0.1, 0.15) is 26.3 Å². The van der Waals surface area contributed by atoms with Crippen molar-refractivity contribution in [2.24, 2.45) is 0 Å². The Balaban J connectivity index is 2.51. The molecule has 5 nitrogen and oxygen atoms in total. The van der Waals surface area contributed by atoms with Gasteiger partial charge in [-0.3, -0.25) is 0 Å². The molecule has 1 heterocycles. The number of carbonyl (C=O) groups excluding carboxylic acids is 1. The molecular weight excluding hydrogens is 280 g/mol. The van der Waals surface area contributed by atoms with Crippen molar-refractivity contribution >= 4 is 17.7 Å². The van der Waals surface area contributed by atoms with Crippen molar-refractivity contribution in [3.8, 4) is 17.7 Å². The van der Waals surface area contributed by atoms with Gasteiger partial charge in [0.2, 0.25) is 5.88 Å². The van der Waals surface area contributed by atoms with E-state index in [1.165, 1.54) is 7.11 Å². The molecule has 0 bridgehead atoms. The molecule has 1 rings (SSSR count). The van der Waals surface area contributed by atoms with Crippen LogP contribution in [-0.2, 0) is 4.74 Å². The van der Waals surface area contributed by atoms with Gasteiger partial charge in [0.25, 0.3) is 0 Å². The van der Waals surface area contributed by atoms with Crippen molar-refractivity contribution in [2.45, 2.75) is 26.4 Å². The molecule has 6 heteroatoms. The van der Waals surface area contributed by atoms with Crippen LogP contribution in [0.15, 0.2) is 12.3 Å². The van der Waals surface area contributed by atoms with E-state index in [1.54, 1.807) is 33.0 Å². The Bertz CT molecular complexity index is 542. The van der Waals surface area contributed by atoms with Gasteiger partial charge in [-0.15, -0.1) is 0 Å². The molecule has 0 aliphatic heterocycles. The smallest absolute Gasteiger partial charge is 0.408 e. The minimum atomic E-state index is -0.523. The Morgan fingerprint density at radius 1 is 1.50 bits per heavy atom. The number of nitrogens with zero attached hydrogens (tertiary/aromatic N) is 1. The van der Waals surface area contributed by atoms with E-state index >= 15 is 0 Å². The van der Waals surface area contributed by atoms with Gasteiger partial charge in [0.1, 0.15) is 10.6 Å². The molecule has 0 unspecified atom stereocenters. The van der Waals surface area contributed by atoms with Gasteiger partial charge in [0.15, 0.2) is 0 Å². The number of ether oxygens (including phenoxy) is 2. The van der Waals surface area contributed by atoms with Gasteiger partial charge >= 0.3 is 6.09 Å². The maximum absolute atomic E-state index is 11.4. The summed E-state index contributed by atoms with van der Waals surface area (Å²) < 4.78 is 10.0. The van der Waals surface area contributed by atoms with Crippen molar-refractivity contribution in [3.05, 3.63) is 22.8 Å². The number of alkyl carbamates (subject to hydrolysis) is 1. The first kappa shape index (κ1) is 16.1. The summed E-state index contributed by atoms with van der Waals surface area (Å²) in [7, 11) is 1.49. The quantitative estimate of drug-likeness (QED) is 0.852. The maximum Gasteiger partial charge on any atom is 0.408 e. The Hall–Kier alpha value is -1.93. The molecule has 20 heavy (non-hydrogen) atoms. The molecule has 0 saturated heterocycles. The average Bonchev–Trinajstić information content (AvgIpc) is 2.33. The van der Waals surface area contributed by atoms with Crippen LogP contribution in [-0.4, -0.2) is 30.3 Å². The highest BCUT2D eigenvalue weighted by atomic mass is 35.5. The first-order valence-electron chi connectivity index (χ1n) is 5.97. The third-order valence-electron chi connectivity index (χ3n) is 1.95. The number of methoxy groups -OCH3 is 1. The minimum Gasteiger partial charge on any atom is -0.480 e. The van der Waals surface area contributed by atoms with Crippen LogP contribution in [0.3, 0.4) is 0 Å². The fourth-order valence-electron chi connectivity index (χ4n) is 1.22. The average molecular weight is 297 g/mol. The van der Waals surface area contributed by atoms with Gasteiger partial charge in [-0.25, -0.2) is 9.78 Å². The number of hydrogen-bond donors (Lipinski definition) is 1. The summed E-state index contributed by atoms with van der Waals surface area (Å²) in [6.45, 7) is 5.56. The van der Waals surface area contributed by atoms with Crippen molar-refractivity contribution in [1.82, 2.24) is 10.3 Å². The molecular formula is C14H17ClN2O3. The first-order chi connectivity index (χ1) is 9.31. The zero-order valence-corrected chi connectivity index (χ0v) is 12.7. The molecule has 0 spiro atoms. The molecule has 1 aromatic rings.